The molecule has 3 fully saturated rings. The van der Waals surface area contributed by atoms with Gasteiger partial charge in [0.25, 0.3) is 11.8 Å². The number of hydrogen-bond acceptors (Lipinski definition) is 6. The number of hydrogen-bond donors (Lipinski definition) is 2. The van der Waals surface area contributed by atoms with Crippen LogP contribution < -0.4 is 10.6 Å². The van der Waals surface area contributed by atoms with Gasteiger partial charge in [-0.15, -0.1) is 0 Å². The smallest absolute Gasteiger partial charge is 0.274 e. The molecule has 252 valence electrons. The number of halogens is 1. The van der Waals surface area contributed by atoms with E-state index in [1.807, 2.05) is 61.8 Å². The van der Waals surface area contributed by atoms with E-state index in [1.54, 1.807) is 6.07 Å². The van der Waals surface area contributed by atoms with Gasteiger partial charge in [0.1, 0.15) is 11.4 Å². The largest absolute Gasteiger partial charge is 0.320 e. The van der Waals surface area contributed by atoms with Gasteiger partial charge in [-0.3, -0.25) is 29.4 Å². The standard InChI is InChI=1S/C40H43ClN6O2/c1-25-31(7-5-9-34(25)44-40(49)37-20-33(26-11-12-26)29(22-43-37)23-46-16-3-2-4-17-46)32-8-6-10-35(38(32)41)45-39(48)36-19-27-15-18-47(30-13-14-30)24-28(27)21-42-36/h5-10,19-22,26,30H,2-4,11-18,23-24H2,1H3,(H,44,49)(H,45,48). The van der Waals surface area contributed by atoms with Crippen molar-refractivity contribution in [3.8, 4) is 11.1 Å². The summed E-state index contributed by atoms with van der Waals surface area (Å²) in [7, 11) is 0. The molecule has 2 amide bonds. The molecule has 2 saturated carbocycles. The zero-order valence-corrected chi connectivity index (χ0v) is 28.9. The summed E-state index contributed by atoms with van der Waals surface area (Å²) in [5.41, 5.74) is 9.47. The molecule has 8 nitrogen and oxygen atoms in total. The zero-order chi connectivity index (χ0) is 33.5. The lowest BCUT2D eigenvalue weighted by Crippen LogP contribution is -2.32. The van der Waals surface area contributed by atoms with Crippen LogP contribution in [0.3, 0.4) is 0 Å². The topological polar surface area (TPSA) is 90.5 Å². The number of benzene rings is 2. The van der Waals surface area contributed by atoms with Gasteiger partial charge < -0.3 is 10.6 Å². The fraction of sp³-hybridized carbons (Fsp3) is 0.400. The summed E-state index contributed by atoms with van der Waals surface area (Å²) < 4.78 is 0. The Kier molecular flexibility index (Phi) is 8.95. The Morgan fingerprint density at radius 2 is 1.51 bits per heavy atom. The van der Waals surface area contributed by atoms with Gasteiger partial charge in [0.05, 0.1) is 10.7 Å². The zero-order valence-electron chi connectivity index (χ0n) is 28.1. The highest BCUT2D eigenvalue weighted by Gasteiger charge is 2.32. The number of carbonyl (C=O) groups is 2. The molecule has 4 aromatic rings. The number of pyridine rings is 2. The van der Waals surface area contributed by atoms with E-state index in [2.05, 4.69) is 30.4 Å². The van der Waals surface area contributed by atoms with Crippen molar-refractivity contribution in [3.05, 3.63) is 105 Å². The molecule has 2 aliphatic heterocycles. The van der Waals surface area contributed by atoms with Crippen molar-refractivity contribution in [2.24, 2.45) is 0 Å². The van der Waals surface area contributed by atoms with Crippen molar-refractivity contribution in [2.45, 2.75) is 83.3 Å². The molecule has 9 heteroatoms. The van der Waals surface area contributed by atoms with E-state index >= 15 is 0 Å². The molecule has 0 bridgehead atoms. The Labute approximate surface area is 293 Å². The molecule has 0 radical (unpaired) electrons. The molecule has 0 atom stereocenters. The molecule has 2 aliphatic carbocycles. The van der Waals surface area contributed by atoms with Crippen molar-refractivity contribution < 1.29 is 9.59 Å². The maximum atomic E-state index is 13.6. The van der Waals surface area contributed by atoms with Crippen LogP contribution in [-0.2, 0) is 19.5 Å². The van der Waals surface area contributed by atoms with Crippen molar-refractivity contribution >= 4 is 34.8 Å². The van der Waals surface area contributed by atoms with E-state index in [4.69, 9.17) is 11.6 Å². The van der Waals surface area contributed by atoms with Gasteiger partial charge >= 0.3 is 0 Å². The molecule has 8 rings (SSSR count). The Morgan fingerprint density at radius 1 is 0.816 bits per heavy atom. The Bertz CT molecular complexity index is 1910. The van der Waals surface area contributed by atoms with Crippen LogP contribution in [0.4, 0.5) is 11.4 Å². The van der Waals surface area contributed by atoms with E-state index < -0.39 is 0 Å². The van der Waals surface area contributed by atoms with Crippen LogP contribution in [0.1, 0.15) is 99.7 Å². The number of piperidine rings is 1. The quantitative estimate of drug-likeness (QED) is 0.187. The molecular formula is C40H43ClN6O2. The third-order valence-corrected chi connectivity index (χ3v) is 11.1. The van der Waals surface area contributed by atoms with E-state index in [0.29, 0.717) is 33.7 Å². The Balaban J connectivity index is 0.979. The lowest BCUT2D eigenvalue weighted by Gasteiger charge is -2.28. The van der Waals surface area contributed by atoms with Crippen LogP contribution in [0.15, 0.2) is 60.9 Å². The third kappa shape index (κ3) is 7.00. The van der Waals surface area contributed by atoms with E-state index in [9.17, 15) is 9.59 Å². The normalized spacial score (nSPS) is 18.2. The fourth-order valence-electron chi connectivity index (χ4n) is 7.50. The number of carbonyl (C=O) groups excluding carboxylic acids is 2. The van der Waals surface area contributed by atoms with Crippen LogP contribution in [0, 0.1) is 6.92 Å². The molecule has 2 N–H and O–H groups in total. The summed E-state index contributed by atoms with van der Waals surface area (Å²) in [5.74, 6) is 0.0102. The lowest BCUT2D eigenvalue weighted by atomic mass is 9.98. The number of fused-ring (bicyclic) bond motifs is 1. The first-order valence-electron chi connectivity index (χ1n) is 17.9. The second-order valence-corrected chi connectivity index (χ2v) is 14.6. The summed E-state index contributed by atoms with van der Waals surface area (Å²) in [6.45, 7) is 7.08. The molecule has 0 spiro atoms. The number of amides is 2. The maximum Gasteiger partial charge on any atom is 0.274 e. The average molecular weight is 675 g/mol. The molecule has 0 unspecified atom stereocenters. The van der Waals surface area contributed by atoms with Crippen molar-refractivity contribution in [1.82, 2.24) is 19.8 Å². The number of rotatable bonds is 9. The molecule has 2 aromatic heterocycles. The van der Waals surface area contributed by atoms with E-state index in [0.717, 1.165) is 61.9 Å². The van der Waals surface area contributed by atoms with Gasteiger partial charge in [-0.2, -0.15) is 0 Å². The molecule has 4 aliphatic rings. The predicted octanol–water partition coefficient (Wildman–Crippen LogP) is 7.99. The average Bonchev–Trinajstić information content (AvgIpc) is 4.05. The van der Waals surface area contributed by atoms with E-state index in [1.165, 1.54) is 67.2 Å². The van der Waals surface area contributed by atoms with Crippen LogP contribution in [0.25, 0.3) is 11.1 Å². The second-order valence-electron chi connectivity index (χ2n) is 14.2. The third-order valence-electron chi connectivity index (χ3n) is 10.7. The van der Waals surface area contributed by atoms with Crippen LogP contribution >= 0.6 is 11.6 Å². The van der Waals surface area contributed by atoms with Crippen LogP contribution in [-0.4, -0.2) is 57.3 Å². The van der Waals surface area contributed by atoms with Gasteiger partial charge in [0.15, 0.2) is 0 Å². The van der Waals surface area contributed by atoms with Gasteiger partial charge in [-0.05, 0) is 129 Å². The minimum absolute atomic E-state index is 0.225. The first-order chi connectivity index (χ1) is 23.9. The summed E-state index contributed by atoms with van der Waals surface area (Å²) >= 11 is 6.96. The summed E-state index contributed by atoms with van der Waals surface area (Å²) in [6, 6.07) is 16.0. The Hall–Kier alpha value is -4.11. The first-order valence-corrected chi connectivity index (χ1v) is 18.2. The molecule has 49 heavy (non-hydrogen) atoms. The molecule has 2 aromatic carbocycles. The summed E-state index contributed by atoms with van der Waals surface area (Å²) in [4.78, 5) is 41.1. The first kappa shape index (κ1) is 32.1. The second kappa shape index (κ2) is 13.7. The number of nitrogens with zero attached hydrogens (tertiary/aromatic N) is 4. The van der Waals surface area contributed by atoms with Crippen molar-refractivity contribution in [3.63, 3.8) is 0 Å². The number of anilines is 2. The number of nitrogens with one attached hydrogen (secondary N) is 2. The maximum absolute atomic E-state index is 13.6. The van der Waals surface area contributed by atoms with Crippen LogP contribution in [0.2, 0.25) is 5.02 Å². The SMILES string of the molecule is Cc1c(NC(=O)c2cc(C3CC3)c(CN3CCCCC3)cn2)cccc1-c1cccc(NC(=O)c2cc3c(cn2)CN(C2CC2)CC3)c1Cl. The Morgan fingerprint density at radius 3 is 2.27 bits per heavy atom. The van der Waals surface area contributed by atoms with Crippen molar-refractivity contribution in [2.75, 3.05) is 30.3 Å². The molecular weight excluding hydrogens is 632 g/mol. The minimum Gasteiger partial charge on any atom is -0.320 e. The minimum atomic E-state index is -0.288. The lowest BCUT2D eigenvalue weighted by molar-refractivity contribution is 0.101. The van der Waals surface area contributed by atoms with Gasteiger partial charge in [0, 0.05) is 49.3 Å². The van der Waals surface area contributed by atoms with Gasteiger partial charge in [-0.25, -0.2) is 0 Å². The number of likely N-dealkylation sites (tertiary alicyclic amines) is 1. The molecule has 4 heterocycles. The van der Waals surface area contributed by atoms with Gasteiger partial charge in [0.2, 0.25) is 0 Å². The highest BCUT2D eigenvalue weighted by Crippen LogP contribution is 2.42. The summed E-state index contributed by atoms with van der Waals surface area (Å²) in [5, 5.41) is 6.54. The fourth-order valence-corrected chi connectivity index (χ4v) is 7.77. The van der Waals surface area contributed by atoms with Crippen molar-refractivity contribution in [1.29, 1.82) is 0 Å². The monoisotopic (exact) mass is 674 g/mol. The molecule has 1 saturated heterocycles. The number of aromatic nitrogens is 2. The van der Waals surface area contributed by atoms with E-state index in [-0.39, 0.29) is 11.8 Å². The summed E-state index contributed by atoms with van der Waals surface area (Å²) in [6.07, 6.45) is 13.4. The highest BCUT2D eigenvalue weighted by atomic mass is 35.5. The van der Waals surface area contributed by atoms with Crippen LogP contribution in [0.5, 0.6) is 0 Å². The highest BCUT2D eigenvalue weighted by molar-refractivity contribution is 6.36. The predicted molar refractivity (Wildman–Crippen MR) is 194 cm³/mol. The van der Waals surface area contributed by atoms with Gasteiger partial charge in [-0.1, -0.05) is 42.3 Å².